The fraction of sp³-hybridized carbons (Fsp3) is 0.125. The Kier molecular flexibility index (Phi) is 2.79. The second-order valence-electron chi connectivity index (χ2n) is 3.28. The van der Waals surface area contributed by atoms with Crippen molar-refractivity contribution in [3.8, 4) is 0 Å². The summed E-state index contributed by atoms with van der Waals surface area (Å²) in [5.74, 6) is -1.91. The molecule has 0 atom stereocenters. The van der Waals surface area contributed by atoms with Crippen molar-refractivity contribution in [1.82, 2.24) is 15.2 Å². The quantitative estimate of drug-likeness (QED) is 0.722. The molecule has 0 spiro atoms. The molecule has 2 rings (SSSR count). The third-order valence-corrected chi connectivity index (χ3v) is 3.47. The van der Waals surface area contributed by atoms with Crippen LogP contribution in [0.15, 0.2) is 21.7 Å². The number of sulfonamides is 1. The smallest absolute Gasteiger partial charge is 0.371 e. The molecule has 0 aliphatic heterocycles. The highest BCUT2D eigenvalue weighted by molar-refractivity contribution is 7.92. The number of furan rings is 1. The van der Waals surface area contributed by atoms with Crippen LogP contribution in [0.3, 0.4) is 0 Å². The Hall–Kier alpha value is -2.36. The Morgan fingerprint density at radius 3 is 2.78 bits per heavy atom. The minimum Gasteiger partial charge on any atom is -0.475 e. The lowest BCUT2D eigenvalue weighted by atomic mass is 10.4. The van der Waals surface area contributed by atoms with Crippen LogP contribution in [0.25, 0.3) is 0 Å². The average Bonchev–Trinajstić information content (AvgIpc) is 2.86. The first-order chi connectivity index (χ1) is 8.40. The van der Waals surface area contributed by atoms with Gasteiger partial charge in [0.25, 0.3) is 10.0 Å². The van der Waals surface area contributed by atoms with E-state index in [1.807, 2.05) is 0 Å². The van der Waals surface area contributed by atoms with Crippen molar-refractivity contribution >= 4 is 21.9 Å². The van der Waals surface area contributed by atoms with E-state index in [-0.39, 0.29) is 16.6 Å². The van der Waals surface area contributed by atoms with Crippen molar-refractivity contribution in [3.63, 3.8) is 0 Å². The number of carboxylic acids is 1. The number of nitrogens with zero attached hydrogens (tertiary/aromatic N) is 2. The number of aryl methyl sites for hydroxylation is 1. The maximum Gasteiger partial charge on any atom is 0.371 e. The van der Waals surface area contributed by atoms with Crippen molar-refractivity contribution in [2.75, 3.05) is 4.72 Å². The molecule has 0 bridgehead atoms. The first kappa shape index (κ1) is 12.1. The molecule has 3 N–H and O–H groups in total. The number of nitrogens with one attached hydrogen (secondary N) is 2. The number of carbonyl (C=O) groups is 1. The zero-order chi connectivity index (χ0) is 13.3. The van der Waals surface area contributed by atoms with Crippen LogP contribution in [-0.2, 0) is 10.0 Å². The summed E-state index contributed by atoms with van der Waals surface area (Å²) in [5.41, 5.74) is 0. The Morgan fingerprint density at radius 1 is 1.56 bits per heavy atom. The van der Waals surface area contributed by atoms with Crippen LogP contribution >= 0.6 is 0 Å². The lowest BCUT2D eigenvalue weighted by Gasteiger charge is -2.02. The van der Waals surface area contributed by atoms with Gasteiger partial charge in [-0.05, 0) is 6.92 Å². The molecule has 9 nitrogen and oxygen atoms in total. The fourth-order valence-electron chi connectivity index (χ4n) is 1.27. The highest BCUT2D eigenvalue weighted by Crippen LogP contribution is 2.21. The van der Waals surface area contributed by atoms with Crippen LogP contribution in [-0.4, -0.2) is 34.7 Å². The van der Waals surface area contributed by atoms with Crippen molar-refractivity contribution in [2.45, 2.75) is 11.8 Å². The molecule has 96 valence electrons. The monoisotopic (exact) mass is 272 g/mol. The molecule has 2 aromatic rings. The Labute approximate surface area is 101 Å². The van der Waals surface area contributed by atoms with Crippen LogP contribution in [0, 0.1) is 6.92 Å². The lowest BCUT2D eigenvalue weighted by molar-refractivity contribution is 0.0661. The number of carboxylic acid groups (broad SMARTS) is 1. The molecule has 2 heterocycles. The number of H-pyrrole nitrogens is 1. The molecular weight excluding hydrogens is 264 g/mol. The van der Waals surface area contributed by atoms with Gasteiger partial charge in [0.2, 0.25) is 11.7 Å². The zero-order valence-electron chi connectivity index (χ0n) is 9.04. The SMILES string of the molecule is Cc1oc(C(=O)O)cc1S(=O)(=O)Nc1ncn[nH]1. The third kappa shape index (κ3) is 2.18. The van der Waals surface area contributed by atoms with E-state index in [0.29, 0.717) is 0 Å². The van der Waals surface area contributed by atoms with E-state index in [0.717, 1.165) is 12.4 Å². The Bertz CT molecular complexity index is 672. The number of hydrogen-bond acceptors (Lipinski definition) is 6. The molecular formula is C8H8N4O5S. The number of rotatable bonds is 4. The van der Waals surface area contributed by atoms with E-state index in [2.05, 4.69) is 19.9 Å². The second-order valence-corrected chi connectivity index (χ2v) is 4.93. The summed E-state index contributed by atoms with van der Waals surface area (Å²) in [6.07, 6.45) is 1.13. The van der Waals surface area contributed by atoms with E-state index >= 15 is 0 Å². The van der Waals surface area contributed by atoms with Crippen LogP contribution < -0.4 is 4.72 Å². The highest BCUT2D eigenvalue weighted by atomic mass is 32.2. The molecule has 0 saturated heterocycles. The molecule has 0 radical (unpaired) electrons. The minimum atomic E-state index is -3.97. The zero-order valence-corrected chi connectivity index (χ0v) is 9.85. The number of hydrogen-bond donors (Lipinski definition) is 3. The van der Waals surface area contributed by atoms with E-state index in [9.17, 15) is 13.2 Å². The third-order valence-electron chi connectivity index (χ3n) is 2.02. The van der Waals surface area contributed by atoms with E-state index in [1.54, 1.807) is 0 Å². The van der Waals surface area contributed by atoms with Crippen LogP contribution in [0.5, 0.6) is 0 Å². The molecule has 18 heavy (non-hydrogen) atoms. The molecule has 10 heteroatoms. The fourth-order valence-corrected chi connectivity index (χ4v) is 2.42. The van der Waals surface area contributed by atoms with E-state index in [1.165, 1.54) is 6.92 Å². The van der Waals surface area contributed by atoms with Gasteiger partial charge < -0.3 is 9.52 Å². The van der Waals surface area contributed by atoms with Gasteiger partial charge in [-0.1, -0.05) is 0 Å². The predicted molar refractivity (Wildman–Crippen MR) is 57.6 cm³/mol. The summed E-state index contributed by atoms with van der Waals surface area (Å²) in [4.78, 5) is 14.0. The highest BCUT2D eigenvalue weighted by Gasteiger charge is 2.24. The van der Waals surface area contributed by atoms with Gasteiger partial charge in [-0.25, -0.2) is 23.0 Å². The molecule has 0 unspecified atom stereocenters. The Balaban J connectivity index is 2.38. The van der Waals surface area contributed by atoms with Gasteiger partial charge in [0, 0.05) is 6.07 Å². The topological polar surface area (TPSA) is 138 Å². The van der Waals surface area contributed by atoms with E-state index < -0.39 is 21.8 Å². The summed E-state index contributed by atoms with van der Waals surface area (Å²) in [5, 5.41) is 14.5. The summed E-state index contributed by atoms with van der Waals surface area (Å²) in [6.45, 7) is 1.35. The molecule has 0 aliphatic carbocycles. The van der Waals surface area contributed by atoms with Gasteiger partial charge in [0.15, 0.2) is 0 Å². The molecule has 2 aromatic heterocycles. The first-order valence-electron chi connectivity index (χ1n) is 4.62. The predicted octanol–water partition coefficient (Wildman–Crippen LogP) is 0.205. The number of anilines is 1. The standard InChI is InChI=1S/C8H8N4O5S/c1-4-6(2-5(17-4)7(13)14)18(15,16)12-8-9-3-10-11-8/h2-3H,1H3,(H,13,14)(H2,9,10,11,12). The van der Waals surface area contributed by atoms with Crippen LogP contribution in [0.2, 0.25) is 0 Å². The lowest BCUT2D eigenvalue weighted by Crippen LogP contribution is -2.14. The number of aromatic amines is 1. The Morgan fingerprint density at radius 2 is 2.28 bits per heavy atom. The summed E-state index contributed by atoms with van der Waals surface area (Å²) < 4.78 is 30.7. The van der Waals surface area contributed by atoms with E-state index in [4.69, 9.17) is 9.52 Å². The molecule has 0 aliphatic rings. The summed E-state index contributed by atoms with van der Waals surface area (Å²) in [7, 11) is -3.97. The average molecular weight is 272 g/mol. The minimum absolute atomic E-state index is 0.0283. The summed E-state index contributed by atoms with van der Waals surface area (Å²) in [6, 6.07) is 0.927. The maximum absolute atomic E-state index is 11.9. The van der Waals surface area contributed by atoms with Gasteiger partial charge in [-0.2, -0.15) is 10.1 Å². The maximum atomic E-state index is 11.9. The van der Waals surface area contributed by atoms with Crippen LogP contribution in [0.4, 0.5) is 5.95 Å². The molecule has 0 aromatic carbocycles. The molecule has 0 saturated carbocycles. The molecule has 0 amide bonds. The largest absolute Gasteiger partial charge is 0.475 e. The second kappa shape index (κ2) is 4.14. The number of aromatic carboxylic acids is 1. The van der Waals surface area contributed by atoms with Gasteiger partial charge >= 0.3 is 5.97 Å². The summed E-state index contributed by atoms with van der Waals surface area (Å²) >= 11 is 0. The van der Waals surface area contributed by atoms with Gasteiger partial charge in [0.1, 0.15) is 17.0 Å². The van der Waals surface area contributed by atoms with Gasteiger partial charge in [-0.15, -0.1) is 0 Å². The normalized spacial score (nSPS) is 11.4. The van der Waals surface area contributed by atoms with Crippen molar-refractivity contribution in [1.29, 1.82) is 0 Å². The van der Waals surface area contributed by atoms with Crippen molar-refractivity contribution in [3.05, 3.63) is 23.9 Å². The van der Waals surface area contributed by atoms with Crippen molar-refractivity contribution in [2.24, 2.45) is 0 Å². The van der Waals surface area contributed by atoms with Crippen molar-refractivity contribution < 1.29 is 22.7 Å². The van der Waals surface area contributed by atoms with Gasteiger partial charge in [-0.3, -0.25) is 0 Å². The van der Waals surface area contributed by atoms with Gasteiger partial charge in [0.05, 0.1) is 0 Å². The molecule has 0 fully saturated rings. The number of aromatic nitrogens is 3. The first-order valence-corrected chi connectivity index (χ1v) is 6.10. The van der Waals surface area contributed by atoms with Crippen LogP contribution in [0.1, 0.15) is 16.3 Å².